The van der Waals surface area contributed by atoms with E-state index in [1.165, 1.54) is 31.6 Å². The van der Waals surface area contributed by atoms with Gasteiger partial charge in [0.25, 0.3) is 5.91 Å². The average Bonchev–Trinajstić information content (AvgIpc) is 3.66. The van der Waals surface area contributed by atoms with Crippen LogP contribution < -0.4 is 9.46 Å². The van der Waals surface area contributed by atoms with Crippen LogP contribution in [-0.4, -0.2) is 98.5 Å². The molecule has 3 aromatic carbocycles. The summed E-state index contributed by atoms with van der Waals surface area (Å²) in [6.45, 7) is 7.43. The number of carbonyl (C=O) groups is 2. The van der Waals surface area contributed by atoms with Crippen LogP contribution >= 0.6 is 0 Å². The standard InChI is InChI=1S/C43H53N5O6S/c1-28-22-47(23-29(2)54-28)42(50)43-26-46(24-30-12-8-6-9-13-30)25-37(43)36-21-33(53-5)17-19-34(36)40-39(31-14-10-7-11-15-31)35-18-16-32(20-38(35)48(40)27-43)41(49)44-55(51,52)45(3)4/h6,8-9,12-13,16-21,28-29,31,37H,7,10-11,14-15,22-27H2,1-5H3,(H,44,49)/t28-,29+,37-,43-/m1/s1. The molecule has 3 aliphatic heterocycles. The third-order valence-corrected chi connectivity index (χ3v) is 13.8. The first kappa shape index (κ1) is 37.7. The number of nitrogens with zero attached hydrogens (tertiary/aromatic N) is 4. The maximum Gasteiger partial charge on any atom is 0.303 e. The van der Waals surface area contributed by atoms with E-state index in [-0.39, 0.29) is 29.6 Å². The molecule has 4 heterocycles. The van der Waals surface area contributed by atoms with Gasteiger partial charge in [-0.15, -0.1) is 0 Å². The summed E-state index contributed by atoms with van der Waals surface area (Å²) < 4.78 is 43.1. The Balaban J connectivity index is 1.37. The predicted molar refractivity (Wildman–Crippen MR) is 213 cm³/mol. The zero-order valence-corrected chi connectivity index (χ0v) is 33.4. The van der Waals surface area contributed by atoms with Crippen molar-refractivity contribution < 1.29 is 27.5 Å². The molecule has 292 valence electrons. The van der Waals surface area contributed by atoms with Gasteiger partial charge in [0.05, 0.1) is 30.4 Å². The quantitative estimate of drug-likeness (QED) is 0.230. The minimum atomic E-state index is -4.02. The molecule has 0 bridgehead atoms. The minimum absolute atomic E-state index is 0.0945. The highest BCUT2D eigenvalue weighted by Gasteiger charge is 2.57. The highest BCUT2D eigenvalue weighted by atomic mass is 32.2. The lowest BCUT2D eigenvalue weighted by Crippen LogP contribution is -2.56. The molecule has 4 aliphatic rings. The lowest BCUT2D eigenvalue weighted by Gasteiger charge is -2.42. The predicted octanol–water partition coefficient (Wildman–Crippen LogP) is 6.14. The molecule has 1 aromatic heterocycles. The van der Waals surface area contributed by atoms with Gasteiger partial charge < -0.3 is 18.9 Å². The first-order chi connectivity index (χ1) is 26.4. The number of fused-ring (bicyclic) bond motifs is 7. The molecular formula is C43H53N5O6S. The van der Waals surface area contributed by atoms with Crippen molar-refractivity contribution in [2.75, 3.05) is 47.4 Å². The van der Waals surface area contributed by atoms with Gasteiger partial charge in [0.15, 0.2) is 0 Å². The molecule has 2 amide bonds. The average molecular weight is 768 g/mol. The minimum Gasteiger partial charge on any atom is -0.497 e. The molecule has 4 atom stereocenters. The van der Waals surface area contributed by atoms with Crippen LogP contribution in [0.5, 0.6) is 5.75 Å². The van der Waals surface area contributed by atoms with E-state index in [2.05, 4.69) is 50.6 Å². The van der Waals surface area contributed by atoms with Gasteiger partial charge in [-0.2, -0.15) is 12.7 Å². The molecule has 0 unspecified atom stereocenters. The van der Waals surface area contributed by atoms with E-state index in [1.54, 1.807) is 13.2 Å². The summed E-state index contributed by atoms with van der Waals surface area (Å²) in [5.74, 6) is 0.312. The summed E-state index contributed by atoms with van der Waals surface area (Å²) in [6, 6.07) is 22.3. The smallest absolute Gasteiger partial charge is 0.303 e. The highest BCUT2D eigenvalue weighted by Crippen LogP contribution is 2.56. The summed E-state index contributed by atoms with van der Waals surface area (Å²) in [4.78, 5) is 33.8. The molecule has 11 nitrogen and oxygen atoms in total. The number of hydrogen-bond donors (Lipinski definition) is 1. The van der Waals surface area contributed by atoms with Crippen LogP contribution in [0.3, 0.4) is 0 Å². The molecule has 2 saturated heterocycles. The molecule has 0 radical (unpaired) electrons. The number of benzene rings is 3. The van der Waals surface area contributed by atoms with Gasteiger partial charge in [0.2, 0.25) is 5.91 Å². The molecule has 3 fully saturated rings. The van der Waals surface area contributed by atoms with Crippen molar-refractivity contribution in [1.29, 1.82) is 0 Å². The maximum absolute atomic E-state index is 15.7. The van der Waals surface area contributed by atoms with Crippen LogP contribution in [0.25, 0.3) is 22.2 Å². The Bertz CT molecular complexity index is 2200. The first-order valence-electron chi connectivity index (χ1n) is 19.7. The lowest BCUT2D eigenvalue weighted by molar-refractivity contribution is -0.155. The lowest BCUT2D eigenvalue weighted by atomic mass is 9.72. The summed E-state index contributed by atoms with van der Waals surface area (Å²) in [7, 11) is 0.452. The zero-order valence-electron chi connectivity index (χ0n) is 32.6. The number of carbonyl (C=O) groups excluding carboxylic acids is 2. The fraction of sp³-hybridized carbons (Fsp3) is 0.488. The highest BCUT2D eigenvalue weighted by molar-refractivity contribution is 7.87. The van der Waals surface area contributed by atoms with Gasteiger partial charge in [-0.1, -0.05) is 55.7 Å². The van der Waals surface area contributed by atoms with E-state index >= 15 is 4.79 Å². The molecule has 12 heteroatoms. The third kappa shape index (κ3) is 6.85. The SMILES string of the molecule is COc1ccc2c(c1)[C@H]1CN(Cc3ccccc3)C[C@@]1(C(=O)N1C[C@@H](C)O[C@@H](C)C1)Cn1c-2c(C2CCCCC2)c2ccc(C(=O)NS(=O)(=O)N(C)C)cc21. The van der Waals surface area contributed by atoms with Crippen molar-refractivity contribution >= 4 is 32.9 Å². The molecule has 55 heavy (non-hydrogen) atoms. The van der Waals surface area contributed by atoms with Gasteiger partial charge in [-0.3, -0.25) is 14.5 Å². The van der Waals surface area contributed by atoms with E-state index in [0.29, 0.717) is 45.2 Å². The Hall–Kier alpha value is -4.23. The van der Waals surface area contributed by atoms with Crippen molar-refractivity contribution in [2.45, 2.75) is 83.1 Å². The normalized spacial score (nSPS) is 24.6. The molecule has 4 aromatic rings. The Morgan fingerprint density at radius 2 is 1.65 bits per heavy atom. The van der Waals surface area contributed by atoms with E-state index < -0.39 is 21.5 Å². The largest absolute Gasteiger partial charge is 0.497 e. The summed E-state index contributed by atoms with van der Waals surface area (Å²) in [5.41, 5.74) is 5.94. The third-order valence-electron chi connectivity index (χ3n) is 12.4. The van der Waals surface area contributed by atoms with Crippen LogP contribution in [-0.2, 0) is 32.8 Å². The van der Waals surface area contributed by atoms with Crippen molar-refractivity contribution in [2.24, 2.45) is 5.41 Å². The summed E-state index contributed by atoms with van der Waals surface area (Å²) in [6.07, 6.45) is 5.41. The number of morpholine rings is 1. The van der Waals surface area contributed by atoms with E-state index in [9.17, 15) is 13.2 Å². The van der Waals surface area contributed by atoms with E-state index in [1.807, 2.05) is 43.0 Å². The van der Waals surface area contributed by atoms with Crippen molar-refractivity contribution in [3.05, 3.63) is 89.0 Å². The maximum atomic E-state index is 15.7. The Kier molecular flexibility index (Phi) is 10.1. The Morgan fingerprint density at radius 1 is 0.927 bits per heavy atom. The fourth-order valence-electron chi connectivity index (χ4n) is 9.97. The van der Waals surface area contributed by atoms with E-state index in [0.717, 1.165) is 63.5 Å². The molecule has 0 spiro atoms. The summed E-state index contributed by atoms with van der Waals surface area (Å²) in [5, 5.41) is 1.05. The second kappa shape index (κ2) is 14.7. The molecule has 1 aliphatic carbocycles. The Morgan fingerprint density at radius 3 is 2.35 bits per heavy atom. The van der Waals surface area contributed by atoms with E-state index in [4.69, 9.17) is 9.47 Å². The van der Waals surface area contributed by atoms with Crippen LogP contribution in [0, 0.1) is 5.41 Å². The van der Waals surface area contributed by atoms with Gasteiger partial charge in [0.1, 0.15) is 5.75 Å². The number of likely N-dealkylation sites (tertiary alicyclic amines) is 1. The van der Waals surface area contributed by atoms with Crippen LogP contribution in [0.2, 0.25) is 0 Å². The monoisotopic (exact) mass is 767 g/mol. The number of rotatable bonds is 8. The van der Waals surface area contributed by atoms with Gasteiger partial charge in [-0.05, 0) is 79.6 Å². The van der Waals surface area contributed by atoms with Crippen molar-refractivity contribution in [1.82, 2.24) is 23.4 Å². The van der Waals surface area contributed by atoms with Crippen molar-refractivity contribution in [3.63, 3.8) is 0 Å². The van der Waals surface area contributed by atoms with Crippen LogP contribution in [0.15, 0.2) is 66.7 Å². The Labute approximate surface area is 324 Å². The fourth-order valence-corrected chi connectivity index (χ4v) is 10.5. The molecular weight excluding hydrogens is 715 g/mol. The van der Waals surface area contributed by atoms with Crippen molar-refractivity contribution in [3.8, 4) is 17.0 Å². The zero-order chi connectivity index (χ0) is 38.6. The number of ether oxygens (including phenoxy) is 2. The number of amides is 2. The number of nitrogens with one attached hydrogen (secondary N) is 1. The second-order valence-electron chi connectivity index (χ2n) is 16.4. The summed E-state index contributed by atoms with van der Waals surface area (Å²) >= 11 is 0. The first-order valence-corrected chi connectivity index (χ1v) is 21.1. The molecule has 8 rings (SSSR count). The van der Waals surface area contributed by atoms with Gasteiger partial charge in [0, 0.05) is 81.3 Å². The number of methoxy groups -OCH3 is 1. The molecule has 1 saturated carbocycles. The second-order valence-corrected chi connectivity index (χ2v) is 18.3. The topological polar surface area (TPSA) is 113 Å². The van der Waals surface area contributed by atoms with Crippen LogP contribution in [0.1, 0.15) is 84.8 Å². The number of aromatic nitrogens is 1. The number of hydrogen-bond acceptors (Lipinski definition) is 7. The van der Waals surface area contributed by atoms with Crippen LogP contribution in [0.4, 0.5) is 0 Å². The van der Waals surface area contributed by atoms with Gasteiger partial charge in [-0.25, -0.2) is 4.72 Å². The molecule has 1 N–H and O–H groups in total. The van der Waals surface area contributed by atoms with Gasteiger partial charge >= 0.3 is 10.2 Å².